The minimum Gasteiger partial charge on any atom is -0.467 e. The van der Waals surface area contributed by atoms with Crippen molar-refractivity contribution >= 4 is 47.1 Å². The Balaban J connectivity index is 1.42. The van der Waals surface area contributed by atoms with E-state index < -0.39 is 5.91 Å². The molecule has 0 fully saturated rings. The highest BCUT2D eigenvalue weighted by atomic mass is 35.5. The molecule has 0 atom stereocenters. The molecule has 3 aromatic carbocycles. The summed E-state index contributed by atoms with van der Waals surface area (Å²) in [6, 6.07) is 22.7. The van der Waals surface area contributed by atoms with Gasteiger partial charge in [-0.25, -0.2) is 0 Å². The van der Waals surface area contributed by atoms with E-state index in [0.29, 0.717) is 28.5 Å². The number of benzene rings is 3. The number of carbonyl (C=O) groups is 2. The molecule has 0 spiro atoms. The van der Waals surface area contributed by atoms with Crippen LogP contribution in [0.2, 0.25) is 5.02 Å². The van der Waals surface area contributed by atoms with E-state index in [9.17, 15) is 9.59 Å². The van der Waals surface area contributed by atoms with E-state index in [-0.39, 0.29) is 11.5 Å². The van der Waals surface area contributed by atoms with Gasteiger partial charge >= 0.3 is 0 Å². The standard InChI is InChI=1S/C29H25ClN4O3/c1-3-20-8-13-24(14-9-20)32-29(36)26-17-23(30)12-15-27(26)33-28(35)22-10-6-21(7-11-22)18-31-34(2)19-25-5-4-16-37-25/h3-18H,1,19H2,2H3,(H,32,36)(H,33,35). The summed E-state index contributed by atoms with van der Waals surface area (Å²) in [7, 11) is 1.84. The van der Waals surface area contributed by atoms with Gasteiger partial charge in [-0.05, 0) is 65.7 Å². The lowest BCUT2D eigenvalue weighted by molar-refractivity contribution is 0.102. The largest absolute Gasteiger partial charge is 0.467 e. The Morgan fingerprint density at radius 3 is 2.38 bits per heavy atom. The van der Waals surface area contributed by atoms with Gasteiger partial charge < -0.3 is 15.1 Å². The SMILES string of the molecule is C=Cc1ccc(NC(=O)c2cc(Cl)ccc2NC(=O)c2ccc(C=NN(C)Cc3ccco3)cc2)cc1. The third-order valence-corrected chi connectivity index (χ3v) is 5.66. The normalized spacial score (nSPS) is 10.8. The number of nitrogens with zero attached hydrogens (tertiary/aromatic N) is 2. The number of hydrogen-bond donors (Lipinski definition) is 2. The molecule has 0 bridgehead atoms. The highest BCUT2D eigenvalue weighted by Crippen LogP contribution is 2.23. The van der Waals surface area contributed by atoms with Gasteiger partial charge in [0.15, 0.2) is 0 Å². The Bertz CT molecular complexity index is 1410. The first-order chi connectivity index (χ1) is 17.9. The second-order valence-corrected chi connectivity index (χ2v) is 8.62. The van der Waals surface area contributed by atoms with Gasteiger partial charge in [0, 0.05) is 23.3 Å². The average Bonchev–Trinajstić information content (AvgIpc) is 3.42. The summed E-state index contributed by atoms with van der Waals surface area (Å²) in [5.41, 5.74) is 3.41. The maximum absolute atomic E-state index is 13.0. The molecule has 2 amide bonds. The number of halogens is 1. The molecule has 0 saturated heterocycles. The lowest BCUT2D eigenvalue weighted by Crippen LogP contribution is -2.18. The van der Waals surface area contributed by atoms with E-state index in [2.05, 4.69) is 22.3 Å². The zero-order chi connectivity index (χ0) is 26.2. The molecule has 0 unspecified atom stereocenters. The average molecular weight is 513 g/mol. The zero-order valence-electron chi connectivity index (χ0n) is 20.1. The summed E-state index contributed by atoms with van der Waals surface area (Å²) in [5.74, 6) is 0.0621. The van der Waals surface area contributed by atoms with Gasteiger partial charge in [0.25, 0.3) is 11.8 Å². The second kappa shape index (κ2) is 11.9. The molecule has 2 N–H and O–H groups in total. The summed E-state index contributed by atoms with van der Waals surface area (Å²) in [5, 5.41) is 12.1. The van der Waals surface area contributed by atoms with Crippen molar-refractivity contribution in [3.63, 3.8) is 0 Å². The fourth-order valence-electron chi connectivity index (χ4n) is 3.46. The summed E-state index contributed by atoms with van der Waals surface area (Å²) in [4.78, 5) is 25.9. The van der Waals surface area contributed by atoms with Crippen molar-refractivity contribution in [3.05, 3.63) is 125 Å². The van der Waals surface area contributed by atoms with Crippen LogP contribution in [0.5, 0.6) is 0 Å². The van der Waals surface area contributed by atoms with Gasteiger partial charge in [-0.15, -0.1) is 0 Å². The first kappa shape index (κ1) is 25.5. The fourth-order valence-corrected chi connectivity index (χ4v) is 3.64. The van der Waals surface area contributed by atoms with Gasteiger partial charge in [-0.3, -0.25) is 14.6 Å². The molecule has 8 heteroatoms. The van der Waals surface area contributed by atoms with Gasteiger partial charge in [0.2, 0.25) is 0 Å². The lowest BCUT2D eigenvalue weighted by Gasteiger charge is -2.13. The maximum atomic E-state index is 13.0. The van der Waals surface area contributed by atoms with Crippen LogP contribution in [-0.4, -0.2) is 30.1 Å². The Hall–Kier alpha value is -4.62. The predicted octanol–water partition coefficient (Wildman–Crippen LogP) is 6.55. The van der Waals surface area contributed by atoms with Crippen LogP contribution in [-0.2, 0) is 6.54 Å². The maximum Gasteiger partial charge on any atom is 0.257 e. The highest BCUT2D eigenvalue weighted by molar-refractivity contribution is 6.31. The van der Waals surface area contributed by atoms with E-state index in [0.717, 1.165) is 16.9 Å². The smallest absolute Gasteiger partial charge is 0.257 e. The van der Waals surface area contributed by atoms with Crippen molar-refractivity contribution in [1.29, 1.82) is 0 Å². The second-order valence-electron chi connectivity index (χ2n) is 8.19. The van der Waals surface area contributed by atoms with E-state index in [1.54, 1.807) is 72.1 Å². The van der Waals surface area contributed by atoms with Crippen LogP contribution in [0, 0.1) is 0 Å². The van der Waals surface area contributed by atoms with Crippen molar-refractivity contribution in [2.24, 2.45) is 5.10 Å². The molecule has 1 aromatic heterocycles. The number of rotatable bonds is 9. The number of carbonyl (C=O) groups excluding carboxylic acids is 2. The van der Waals surface area contributed by atoms with Crippen molar-refractivity contribution in [2.75, 3.05) is 17.7 Å². The van der Waals surface area contributed by atoms with E-state index >= 15 is 0 Å². The molecule has 0 saturated carbocycles. The number of amides is 2. The van der Waals surface area contributed by atoms with Crippen LogP contribution >= 0.6 is 11.6 Å². The van der Waals surface area contributed by atoms with Crippen molar-refractivity contribution in [1.82, 2.24) is 5.01 Å². The van der Waals surface area contributed by atoms with Crippen molar-refractivity contribution < 1.29 is 14.0 Å². The molecule has 37 heavy (non-hydrogen) atoms. The van der Waals surface area contributed by atoms with E-state index in [1.165, 1.54) is 6.07 Å². The van der Waals surface area contributed by atoms with Crippen LogP contribution < -0.4 is 10.6 Å². The van der Waals surface area contributed by atoms with Gasteiger partial charge in [0.05, 0.1) is 30.3 Å². The number of hydrazone groups is 1. The molecule has 4 rings (SSSR count). The van der Waals surface area contributed by atoms with Crippen molar-refractivity contribution in [3.8, 4) is 0 Å². The Labute approximate surface area is 220 Å². The lowest BCUT2D eigenvalue weighted by atomic mass is 10.1. The molecule has 0 aliphatic rings. The first-order valence-electron chi connectivity index (χ1n) is 11.4. The topological polar surface area (TPSA) is 86.9 Å². The molecule has 0 aliphatic heterocycles. The third-order valence-electron chi connectivity index (χ3n) is 5.42. The number of furan rings is 1. The Morgan fingerprint density at radius 2 is 1.70 bits per heavy atom. The fraction of sp³-hybridized carbons (Fsp3) is 0.0690. The van der Waals surface area contributed by atoms with E-state index in [4.69, 9.17) is 16.0 Å². The molecule has 0 radical (unpaired) electrons. The third kappa shape index (κ3) is 6.96. The van der Waals surface area contributed by atoms with Crippen LogP contribution in [0.15, 0.2) is 101 Å². The van der Waals surface area contributed by atoms with Gasteiger partial charge in [0.1, 0.15) is 5.76 Å². The minimum absolute atomic E-state index is 0.247. The first-order valence-corrected chi connectivity index (χ1v) is 11.8. The predicted molar refractivity (Wildman–Crippen MR) is 148 cm³/mol. The molecule has 0 aliphatic carbocycles. The van der Waals surface area contributed by atoms with Crippen molar-refractivity contribution in [2.45, 2.75) is 6.54 Å². The number of hydrogen-bond acceptors (Lipinski definition) is 5. The van der Waals surface area contributed by atoms with Gasteiger partial charge in [-0.1, -0.05) is 48.5 Å². The Morgan fingerprint density at radius 1 is 0.973 bits per heavy atom. The van der Waals surface area contributed by atoms with Crippen LogP contribution in [0.1, 0.15) is 37.6 Å². The zero-order valence-corrected chi connectivity index (χ0v) is 20.9. The molecule has 186 valence electrons. The van der Waals surface area contributed by atoms with Gasteiger partial charge in [-0.2, -0.15) is 5.10 Å². The summed E-state index contributed by atoms with van der Waals surface area (Å²) in [6.45, 7) is 4.27. The molecular weight excluding hydrogens is 488 g/mol. The van der Waals surface area contributed by atoms with E-state index in [1.807, 2.05) is 31.3 Å². The van der Waals surface area contributed by atoms with Crippen LogP contribution in [0.4, 0.5) is 11.4 Å². The quantitative estimate of drug-likeness (QED) is 0.197. The molecule has 4 aromatic rings. The summed E-state index contributed by atoms with van der Waals surface area (Å²) >= 11 is 6.14. The highest BCUT2D eigenvalue weighted by Gasteiger charge is 2.16. The summed E-state index contributed by atoms with van der Waals surface area (Å²) < 4.78 is 5.32. The number of nitrogens with one attached hydrogen (secondary N) is 2. The molecule has 7 nitrogen and oxygen atoms in total. The number of anilines is 2. The molecular formula is C29H25ClN4O3. The summed E-state index contributed by atoms with van der Waals surface area (Å²) in [6.07, 6.45) is 5.04. The monoisotopic (exact) mass is 512 g/mol. The minimum atomic E-state index is -0.394. The molecule has 1 heterocycles. The Kier molecular flexibility index (Phi) is 8.18. The van der Waals surface area contributed by atoms with Crippen LogP contribution in [0.25, 0.3) is 6.08 Å². The van der Waals surface area contributed by atoms with Crippen LogP contribution in [0.3, 0.4) is 0 Å².